The monoisotopic (exact) mass is 424 g/mol. The molecule has 0 bridgehead atoms. The van der Waals surface area contributed by atoms with Crippen molar-refractivity contribution >= 4 is 40.9 Å². The predicted molar refractivity (Wildman–Crippen MR) is 105 cm³/mol. The average molecular weight is 424 g/mol. The van der Waals surface area contributed by atoms with Gasteiger partial charge < -0.3 is 19.1 Å². The Kier molecular flexibility index (Phi) is 7.47. The zero-order valence-electron chi connectivity index (χ0n) is 17.3. The number of rotatable bonds is 9. The maximum Gasteiger partial charge on any atom is 0.302 e. The van der Waals surface area contributed by atoms with Gasteiger partial charge in [-0.15, -0.1) is 0 Å². The minimum Gasteiger partial charge on any atom is -0.463 e. The summed E-state index contributed by atoms with van der Waals surface area (Å²) in [6.07, 6.45) is -0.762. The van der Waals surface area contributed by atoms with Crippen molar-refractivity contribution in [3.05, 3.63) is 10.4 Å². The maximum absolute atomic E-state index is 12.4. The van der Waals surface area contributed by atoms with Gasteiger partial charge in [0.25, 0.3) is 5.56 Å². The number of anilines is 2. The Hall–Kier alpha value is -3.48. The van der Waals surface area contributed by atoms with E-state index in [-0.39, 0.29) is 37.1 Å². The van der Waals surface area contributed by atoms with Gasteiger partial charge in [-0.25, -0.2) is 4.98 Å². The number of carbonyl (C=O) groups excluding carboxylic acids is 3. The van der Waals surface area contributed by atoms with E-state index in [9.17, 15) is 19.2 Å². The van der Waals surface area contributed by atoms with Crippen molar-refractivity contribution in [2.75, 3.05) is 37.5 Å². The van der Waals surface area contributed by atoms with Gasteiger partial charge in [0.15, 0.2) is 11.2 Å². The van der Waals surface area contributed by atoms with Crippen LogP contribution in [0.4, 0.5) is 11.9 Å². The van der Waals surface area contributed by atoms with Gasteiger partial charge in [-0.3, -0.25) is 34.0 Å². The summed E-state index contributed by atoms with van der Waals surface area (Å²) in [6, 6.07) is 0. The van der Waals surface area contributed by atoms with Crippen molar-refractivity contribution in [3.8, 4) is 0 Å². The van der Waals surface area contributed by atoms with E-state index in [0.29, 0.717) is 5.95 Å². The fourth-order valence-corrected chi connectivity index (χ4v) is 2.43. The fraction of sp³-hybridized carbons (Fsp3) is 0.529. The van der Waals surface area contributed by atoms with Gasteiger partial charge in [0.1, 0.15) is 26.0 Å². The van der Waals surface area contributed by atoms with E-state index < -0.39 is 29.5 Å². The van der Waals surface area contributed by atoms with Gasteiger partial charge in [0.05, 0.1) is 0 Å². The van der Waals surface area contributed by atoms with Crippen LogP contribution in [-0.4, -0.2) is 70.8 Å². The first-order chi connectivity index (χ1) is 14.1. The molecular formula is C17H24N6O7. The summed E-state index contributed by atoms with van der Waals surface area (Å²) < 4.78 is 17.1. The number of hydrogen-bond donors (Lipinski definition) is 2. The Morgan fingerprint density at radius 1 is 1.10 bits per heavy atom. The van der Waals surface area contributed by atoms with Gasteiger partial charge in [0.2, 0.25) is 17.8 Å². The van der Waals surface area contributed by atoms with E-state index in [1.165, 1.54) is 25.3 Å². The fourth-order valence-electron chi connectivity index (χ4n) is 2.43. The molecule has 2 rings (SSSR count). The van der Waals surface area contributed by atoms with E-state index in [1.54, 1.807) is 19.0 Å². The summed E-state index contributed by atoms with van der Waals surface area (Å²) in [5.74, 6) is -1.11. The van der Waals surface area contributed by atoms with E-state index >= 15 is 0 Å². The molecule has 0 unspecified atom stereocenters. The molecule has 0 aliphatic rings. The molecule has 2 aromatic heterocycles. The molecule has 13 heteroatoms. The molecule has 0 saturated carbocycles. The summed E-state index contributed by atoms with van der Waals surface area (Å²) in [5.41, 5.74) is -0.320. The predicted octanol–water partition coefficient (Wildman–Crippen LogP) is -0.387. The average Bonchev–Trinajstić information content (AvgIpc) is 2.99. The van der Waals surface area contributed by atoms with Crippen LogP contribution in [0.2, 0.25) is 0 Å². The van der Waals surface area contributed by atoms with Crippen molar-refractivity contribution in [2.45, 2.75) is 33.6 Å². The van der Waals surface area contributed by atoms with Crippen LogP contribution in [0, 0.1) is 0 Å². The Balaban J connectivity index is 2.36. The summed E-state index contributed by atoms with van der Waals surface area (Å²) in [4.78, 5) is 58.5. The highest BCUT2D eigenvalue weighted by atomic mass is 16.6. The van der Waals surface area contributed by atoms with Gasteiger partial charge in [-0.05, 0) is 0 Å². The zero-order chi connectivity index (χ0) is 22.4. The first-order valence-corrected chi connectivity index (χ1v) is 8.92. The number of nitrogens with one attached hydrogen (secondary N) is 2. The van der Waals surface area contributed by atoms with Crippen molar-refractivity contribution in [2.24, 2.45) is 0 Å². The summed E-state index contributed by atoms with van der Waals surface area (Å²) in [7, 11) is 3.44. The van der Waals surface area contributed by atoms with Crippen LogP contribution >= 0.6 is 0 Å². The summed E-state index contributed by atoms with van der Waals surface area (Å²) >= 11 is 0. The Morgan fingerprint density at radius 2 is 1.70 bits per heavy atom. The molecular weight excluding hydrogens is 400 g/mol. The Morgan fingerprint density at radius 3 is 2.20 bits per heavy atom. The molecule has 30 heavy (non-hydrogen) atoms. The number of imidazole rings is 1. The zero-order valence-corrected chi connectivity index (χ0v) is 17.3. The van der Waals surface area contributed by atoms with Crippen LogP contribution in [0.5, 0.6) is 0 Å². The molecule has 0 aliphatic carbocycles. The number of nitrogens with zero attached hydrogens (tertiary/aromatic N) is 4. The molecule has 0 saturated heterocycles. The molecule has 0 aromatic carbocycles. The normalized spacial score (nSPS) is 10.9. The van der Waals surface area contributed by atoms with Crippen molar-refractivity contribution in [1.29, 1.82) is 0 Å². The highest BCUT2D eigenvalue weighted by Crippen LogP contribution is 2.19. The molecule has 2 aromatic rings. The van der Waals surface area contributed by atoms with Crippen molar-refractivity contribution in [1.82, 2.24) is 19.5 Å². The number of fused-ring (bicyclic) bond motifs is 1. The number of aromatic nitrogens is 4. The number of hydrogen-bond acceptors (Lipinski definition) is 10. The highest BCUT2D eigenvalue weighted by Gasteiger charge is 2.20. The molecule has 164 valence electrons. The topological polar surface area (TPSA) is 158 Å². The minimum absolute atomic E-state index is 0.0390. The quantitative estimate of drug-likeness (QED) is 0.508. The molecule has 0 fully saturated rings. The van der Waals surface area contributed by atoms with E-state index in [0.717, 1.165) is 0 Å². The SMILES string of the molecule is CC(=O)Nc1nc2c(nc(N(C)C)n2COC(COC(C)=O)COC(C)=O)c(=O)[nH]1. The molecule has 0 radical (unpaired) electrons. The lowest BCUT2D eigenvalue weighted by molar-refractivity contribution is -0.154. The van der Waals surface area contributed by atoms with E-state index in [2.05, 4.69) is 20.3 Å². The van der Waals surface area contributed by atoms with Crippen LogP contribution in [0.3, 0.4) is 0 Å². The molecule has 0 aliphatic heterocycles. The van der Waals surface area contributed by atoms with Crippen LogP contribution in [0.1, 0.15) is 20.8 Å². The second-order valence-corrected chi connectivity index (χ2v) is 6.53. The number of amides is 1. The Bertz CT molecular complexity index is 978. The molecule has 2 N–H and O–H groups in total. The van der Waals surface area contributed by atoms with Gasteiger partial charge in [-0.1, -0.05) is 0 Å². The van der Waals surface area contributed by atoms with Crippen LogP contribution in [0.25, 0.3) is 11.2 Å². The molecule has 13 nitrogen and oxygen atoms in total. The first-order valence-electron chi connectivity index (χ1n) is 8.92. The summed E-state index contributed by atoms with van der Waals surface area (Å²) in [6.45, 7) is 3.35. The largest absolute Gasteiger partial charge is 0.463 e. The number of H-pyrrole nitrogens is 1. The number of esters is 2. The molecule has 0 spiro atoms. The second kappa shape index (κ2) is 9.82. The number of carbonyl (C=O) groups is 3. The third kappa shape index (κ3) is 6.01. The standard InChI is InChI=1S/C17H24N6O7/c1-9(24)18-16-20-14-13(15(27)21-16)19-17(22(4)5)23(14)8-30-12(6-28-10(2)25)7-29-11(3)26/h12H,6-8H2,1-5H3,(H2,18,20,21,24,27). The highest BCUT2D eigenvalue weighted by molar-refractivity contribution is 5.87. The van der Waals surface area contributed by atoms with Gasteiger partial charge in [0, 0.05) is 34.9 Å². The van der Waals surface area contributed by atoms with E-state index in [4.69, 9.17) is 14.2 Å². The van der Waals surface area contributed by atoms with Crippen LogP contribution in [-0.2, 0) is 35.3 Å². The minimum atomic E-state index is -0.762. The van der Waals surface area contributed by atoms with Crippen molar-refractivity contribution < 1.29 is 28.6 Å². The molecule has 1 amide bonds. The first kappa shape index (κ1) is 22.8. The smallest absolute Gasteiger partial charge is 0.302 e. The third-order valence-corrected chi connectivity index (χ3v) is 3.66. The lowest BCUT2D eigenvalue weighted by Gasteiger charge is -2.20. The van der Waals surface area contributed by atoms with E-state index in [1.807, 2.05) is 0 Å². The maximum atomic E-state index is 12.4. The molecule has 2 heterocycles. The Labute approximate surface area is 171 Å². The van der Waals surface area contributed by atoms with Crippen molar-refractivity contribution in [3.63, 3.8) is 0 Å². The lowest BCUT2D eigenvalue weighted by atomic mass is 10.4. The third-order valence-electron chi connectivity index (χ3n) is 3.66. The lowest BCUT2D eigenvalue weighted by Crippen LogP contribution is -2.29. The summed E-state index contributed by atoms with van der Waals surface area (Å²) in [5, 5.41) is 2.42. The van der Waals surface area contributed by atoms with Crippen LogP contribution < -0.4 is 15.8 Å². The molecule has 0 atom stereocenters. The van der Waals surface area contributed by atoms with Crippen LogP contribution in [0.15, 0.2) is 4.79 Å². The second-order valence-electron chi connectivity index (χ2n) is 6.53. The van der Waals surface area contributed by atoms with Gasteiger partial charge in [-0.2, -0.15) is 4.98 Å². The number of aromatic amines is 1. The number of ether oxygens (including phenoxy) is 3. The van der Waals surface area contributed by atoms with Gasteiger partial charge >= 0.3 is 11.9 Å².